The summed E-state index contributed by atoms with van der Waals surface area (Å²) in [5.74, 6) is 0. The summed E-state index contributed by atoms with van der Waals surface area (Å²) >= 11 is 0. The van der Waals surface area contributed by atoms with E-state index in [4.69, 9.17) is 13.8 Å². The molecule has 122 valence electrons. The van der Waals surface area contributed by atoms with Crippen LogP contribution in [0.2, 0.25) is 0 Å². The number of methoxy groups -OCH3 is 1. The van der Waals surface area contributed by atoms with E-state index < -0.39 is 13.7 Å². The molecule has 0 radical (unpaired) electrons. The van der Waals surface area contributed by atoms with Gasteiger partial charge in [0.25, 0.3) is 0 Å². The highest BCUT2D eigenvalue weighted by Gasteiger charge is 2.35. The van der Waals surface area contributed by atoms with E-state index in [0.29, 0.717) is 0 Å². The lowest BCUT2D eigenvalue weighted by molar-refractivity contribution is 0.146. The third-order valence-corrected chi connectivity index (χ3v) is 4.83. The molecule has 0 bridgehead atoms. The monoisotopic (exact) mass is 319 g/mol. The number of hydrogen-bond acceptors (Lipinski definition) is 5. The third-order valence-electron chi connectivity index (χ3n) is 2.78. The molecule has 0 aliphatic rings. The van der Waals surface area contributed by atoms with Gasteiger partial charge in [-0.25, -0.2) is 9.69 Å². The van der Waals surface area contributed by atoms with Crippen LogP contribution in [0.15, 0.2) is 23.8 Å². The first kappa shape index (κ1) is 19.9. The Labute approximate surface area is 127 Å². The minimum Gasteiger partial charge on any atom is -0.452 e. The lowest BCUT2D eigenvalue weighted by atomic mass is 10.2. The number of carbonyl (C=O) groups excluding carboxylic acids is 1. The zero-order valence-electron chi connectivity index (χ0n) is 13.5. The smallest absolute Gasteiger partial charge is 0.418 e. The van der Waals surface area contributed by atoms with Gasteiger partial charge in [0.15, 0.2) is 0 Å². The van der Waals surface area contributed by atoms with E-state index in [1.54, 1.807) is 20.0 Å². The largest absolute Gasteiger partial charge is 0.452 e. The van der Waals surface area contributed by atoms with Gasteiger partial charge < -0.3 is 13.8 Å². The molecule has 21 heavy (non-hydrogen) atoms. The summed E-state index contributed by atoms with van der Waals surface area (Å²) in [6.07, 6.45) is 2.41. The molecule has 0 aliphatic heterocycles. The highest BCUT2D eigenvalue weighted by Crippen LogP contribution is 2.56. The first-order valence-electron chi connectivity index (χ1n) is 7.05. The molecule has 0 saturated carbocycles. The molecule has 6 nitrogen and oxygen atoms in total. The van der Waals surface area contributed by atoms with Gasteiger partial charge in [-0.1, -0.05) is 26.0 Å². The van der Waals surface area contributed by atoms with Crippen LogP contribution in [0.25, 0.3) is 0 Å². The topological polar surface area (TPSA) is 65.1 Å². The van der Waals surface area contributed by atoms with E-state index in [2.05, 4.69) is 6.58 Å². The fourth-order valence-electron chi connectivity index (χ4n) is 1.60. The van der Waals surface area contributed by atoms with E-state index in [9.17, 15) is 9.36 Å². The Morgan fingerprint density at radius 3 is 1.95 bits per heavy atom. The Bertz CT molecular complexity index is 417. The lowest BCUT2D eigenvalue weighted by Gasteiger charge is -2.26. The second-order valence-corrected chi connectivity index (χ2v) is 6.11. The van der Waals surface area contributed by atoms with Gasteiger partial charge in [0.05, 0.1) is 20.3 Å². The van der Waals surface area contributed by atoms with E-state index >= 15 is 0 Å². The minimum atomic E-state index is -3.62. The summed E-state index contributed by atoms with van der Waals surface area (Å²) in [4.78, 5) is 13.0. The molecular weight excluding hydrogens is 293 g/mol. The molecular formula is C14H26NO5P. The molecule has 0 heterocycles. The summed E-state index contributed by atoms with van der Waals surface area (Å²) < 4.78 is 27.9. The average Bonchev–Trinajstić information content (AvgIpc) is 2.47. The number of rotatable bonds is 9. The molecule has 7 heteroatoms. The van der Waals surface area contributed by atoms with Crippen LogP contribution in [-0.4, -0.2) is 31.3 Å². The lowest BCUT2D eigenvalue weighted by Crippen LogP contribution is -2.26. The summed E-state index contributed by atoms with van der Waals surface area (Å²) in [6.45, 7) is 11.4. The first-order valence-corrected chi connectivity index (χ1v) is 8.59. The molecule has 0 fully saturated rings. The second-order valence-electron chi connectivity index (χ2n) is 4.08. The maximum Gasteiger partial charge on any atom is 0.418 e. The number of amides is 1. The standard InChI is InChI=1S/C14H26NO5P/c1-7-13(8-2)11-15(14(16)18-6)12(5)21(17,19-9-3)20-10-4/h11H,5,7-10H2,1-4,6H3. The molecule has 0 spiro atoms. The van der Waals surface area contributed by atoms with Crippen molar-refractivity contribution in [2.24, 2.45) is 0 Å². The van der Waals surface area contributed by atoms with Crippen LogP contribution in [0.3, 0.4) is 0 Å². The molecule has 0 aromatic rings. The van der Waals surface area contributed by atoms with Crippen LogP contribution in [0.4, 0.5) is 4.79 Å². The molecule has 0 rings (SSSR count). The van der Waals surface area contributed by atoms with Crippen LogP contribution >= 0.6 is 7.60 Å². The van der Waals surface area contributed by atoms with Crippen molar-refractivity contribution in [1.29, 1.82) is 0 Å². The molecule has 0 atom stereocenters. The van der Waals surface area contributed by atoms with E-state index in [1.807, 2.05) is 13.8 Å². The molecule has 0 aromatic carbocycles. The van der Waals surface area contributed by atoms with Crippen LogP contribution in [0.5, 0.6) is 0 Å². The second kappa shape index (κ2) is 9.77. The summed E-state index contributed by atoms with van der Waals surface area (Å²) in [5, 5.41) is 0. The van der Waals surface area contributed by atoms with Gasteiger partial charge in [-0.05, 0) is 26.7 Å². The molecule has 1 amide bonds. The van der Waals surface area contributed by atoms with Gasteiger partial charge in [0.2, 0.25) is 0 Å². The highest BCUT2D eigenvalue weighted by atomic mass is 31.2. The maximum absolute atomic E-state index is 12.7. The van der Waals surface area contributed by atoms with Crippen LogP contribution in [0.1, 0.15) is 40.5 Å². The Kier molecular flexibility index (Phi) is 9.26. The van der Waals surface area contributed by atoms with Crippen molar-refractivity contribution in [3.63, 3.8) is 0 Å². The number of allylic oxidation sites excluding steroid dienone is 1. The Morgan fingerprint density at radius 2 is 1.62 bits per heavy atom. The van der Waals surface area contributed by atoms with E-state index in [1.165, 1.54) is 7.11 Å². The van der Waals surface area contributed by atoms with Crippen molar-refractivity contribution < 1.29 is 23.1 Å². The average molecular weight is 319 g/mol. The summed E-state index contributed by atoms with van der Waals surface area (Å²) in [5.41, 5.74) is 0.943. The van der Waals surface area contributed by atoms with Gasteiger partial charge in [-0.2, -0.15) is 0 Å². The maximum atomic E-state index is 12.7. The van der Waals surface area contributed by atoms with Crippen molar-refractivity contribution in [2.45, 2.75) is 40.5 Å². The minimum absolute atomic E-state index is 0.0440. The van der Waals surface area contributed by atoms with Crippen molar-refractivity contribution >= 4 is 13.7 Å². The normalized spacial score (nSPS) is 10.9. The van der Waals surface area contributed by atoms with E-state index in [-0.39, 0.29) is 18.7 Å². The van der Waals surface area contributed by atoms with Crippen LogP contribution < -0.4 is 0 Å². The fraction of sp³-hybridized carbons (Fsp3) is 0.643. The zero-order valence-corrected chi connectivity index (χ0v) is 14.4. The molecule has 0 unspecified atom stereocenters. The Morgan fingerprint density at radius 1 is 1.14 bits per heavy atom. The summed E-state index contributed by atoms with van der Waals surface area (Å²) in [6, 6.07) is 0. The van der Waals surface area contributed by atoms with E-state index in [0.717, 1.165) is 23.3 Å². The molecule has 0 aromatic heterocycles. The fourth-order valence-corrected chi connectivity index (χ4v) is 3.06. The highest BCUT2D eigenvalue weighted by molar-refractivity contribution is 7.58. The molecule has 0 aliphatic carbocycles. The number of carbonyl (C=O) groups is 1. The van der Waals surface area contributed by atoms with Gasteiger partial charge in [-0.3, -0.25) is 4.57 Å². The van der Waals surface area contributed by atoms with Crippen molar-refractivity contribution in [3.05, 3.63) is 23.8 Å². The van der Waals surface area contributed by atoms with Crippen LogP contribution in [0, 0.1) is 0 Å². The van der Waals surface area contributed by atoms with Crippen LogP contribution in [-0.2, 0) is 18.3 Å². The van der Waals surface area contributed by atoms with Gasteiger partial charge in [-0.15, -0.1) is 0 Å². The number of ether oxygens (including phenoxy) is 1. The van der Waals surface area contributed by atoms with Gasteiger partial charge in [0, 0.05) is 6.20 Å². The van der Waals surface area contributed by atoms with Gasteiger partial charge in [0.1, 0.15) is 5.44 Å². The van der Waals surface area contributed by atoms with Crippen molar-refractivity contribution in [3.8, 4) is 0 Å². The SMILES string of the molecule is C=C(N(C=C(CC)CC)C(=O)OC)P(=O)(OCC)OCC. The molecule has 0 saturated heterocycles. The van der Waals surface area contributed by atoms with Crippen molar-refractivity contribution in [2.75, 3.05) is 20.3 Å². The predicted molar refractivity (Wildman–Crippen MR) is 82.9 cm³/mol. The number of nitrogens with zero attached hydrogens (tertiary/aromatic N) is 1. The summed E-state index contributed by atoms with van der Waals surface area (Å²) in [7, 11) is -2.37. The van der Waals surface area contributed by atoms with Crippen molar-refractivity contribution in [1.82, 2.24) is 4.90 Å². The molecule has 0 N–H and O–H groups in total. The predicted octanol–water partition coefficient (Wildman–Crippen LogP) is 4.50. The zero-order chi connectivity index (χ0) is 16.5. The Balaban J connectivity index is 5.60. The van der Waals surface area contributed by atoms with Gasteiger partial charge >= 0.3 is 13.7 Å². The quantitative estimate of drug-likeness (QED) is 0.586. The number of hydrogen-bond donors (Lipinski definition) is 0. The third kappa shape index (κ3) is 5.65. The first-order chi connectivity index (χ1) is 9.89. The Hall–Kier alpha value is -1.10.